The zero-order valence-corrected chi connectivity index (χ0v) is 14.2. The van der Waals surface area contributed by atoms with Crippen LogP contribution in [0.1, 0.15) is 12.5 Å². The largest absolute Gasteiger partial charge is 0.463 e. The molecule has 0 saturated carbocycles. The lowest BCUT2D eigenvalue weighted by atomic mass is 10.0. The van der Waals surface area contributed by atoms with Gasteiger partial charge in [0.25, 0.3) is 0 Å². The van der Waals surface area contributed by atoms with Crippen LogP contribution in [-0.4, -0.2) is 12.6 Å². The van der Waals surface area contributed by atoms with Crippen LogP contribution in [0.4, 0.5) is 0 Å². The maximum absolute atomic E-state index is 12.3. The number of hydrogen-bond acceptors (Lipinski definition) is 4. The molecule has 3 aromatic rings. The van der Waals surface area contributed by atoms with E-state index in [4.69, 9.17) is 20.8 Å². The van der Waals surface area contributed by atoms with E-state index >= 15 is 0 Å². The molecule has 1 heterocycles. The Morgan fingerprint density at radius 2 is 1.80 bits per heavy atom. The molecule has 0 N–H and O–H groups in total. The fourth-order valence-corrected chi connectivity index (χ4v) is 2.67. The topological polar surface area (TPSA) is 56.5 Å². The van der Waals surface area contributed by atoms with Gasteiger partial charge in [0, 0.05) is 22.2 Å². The summed E-state index contributed by atoms with van der Waals surface area (Å²) in [6, 6.07) is 14.0. The molecule has 2 aromatic carbocycles. The Balaban J connectivity index is 2.24. The van der Waals surface area contributed by atoms with Gasteiger partial charge in [-0.25, -0.2) is 9.59 Å². The highest BCUT2D eigenvalue weighted by Gasteiger charge is 2.14. The van der Waals surface area contributed by atoms with Crippen molar-refractivity contribution in [2.24, 2.45) is 0 Å². The van der Waals surface area contributed by atoms with Crippen molar-refractivity contribution in [1.82, 2.24) is 0 Å². The number of ether oxygens (including phenoxy) is 1. The molecule has 5 heteroatoms. The molecule has 4 nitrogen and oxygen atoms in total. The van der Waals surface area contributed by atoms with Crippen LogP contribution in [0.5, 0.6) is 0 Å². The average molecular weight is 355 g/mol. The summed E-state index contributed by atoms with van der Waals surface area (Å²) in [5.41, 5.74) is 0.884. The van der Waals surface area contributed by atoms with Crippen LogP contribution in [0, 0.1) is 0 Å². The van der Waals surface area contributed by atoms with Crippen molar-refractivity contribution < 1.29 is 13.9 Å². The first-order valence-corrected chi connectivity index (χ1v) is 8.14. The zero-order chi connectivity index (χ0) is 17.8. The van der Waals surface area contributed by atoms with Crippen molar-refractivity contribution >= 4 is 34.4 Å². The number of esters is 1. The summed E-state index contributed by atoms with van der Waals surface area (Å²) in [6.45, 7) is 2.03. The van der Waals surface area contributed by atoms with E-state index in [1.54, 1.807) is 49.4 Å². The molecule has 126 valence electrons. The Hall–Kier alpha value is -2.85. The minimum absolute atomic E-state index is 0.290. The first-order chi connectivity index (χ1) is 12.1. The predicted octanol–water partition coefficient (Wildman–Crippen LogP) is 4.69. The van der Waals surface area contributed by atoms with Gasteiger partial charge in [-0.3, -0.25) is 0 Å². The Bertz CT molecular complexity index is 1000. The second kappa shape index (κ2) is 7.36. The van der Waals surface area contributed by atoms with E-state index in [-0.39, 0.29) is 6.61 Å². The van der Waals surface area contributed by atoms with Gasteiger partial charge in [-0.05, 0) is 48.7 Å². The second-order valence-electron chi connectivity index (χ2n) is 5.27. The molecule has 0 bridgehead atoms. The molecule has 0 amide bonds. The lowest BCUT2D eigenvalue weighted by Gasteiger charge is -2.09. The second-order valence-corrected chi connectivity index (χ2v) is 5.71. The SMILES string of the molecule is CCOC(=O)/C=C/c1c(-c2ccc(Cl)cc2)oc(=O)c2ccccc12. The summed E-state index contributed by atoms with van der Waals surface area (Å²) < 4.78 is 10.5. The van der Waals surface area contributed by atoms with Gasteiger partial charge in [-0.2, -0.15) is 0 Å². The van der Waals surface area contributed by atoms with Crippen molar-refractivity contribution in [3.8, 4) is 11.3 Å². The summed E-state index contributed by atoms with van der Waals surface area (Å²) in [4.78, 5) is 24.0. The lowest BCUT2D eigenvalue weighted by Crippen LogP contribution is -2.03. The monoisotopic (exact) mass is 354 g/mol. The summed E-state index contributed by atoms with van der Waals surface area (Å²) in [7, 11) is 0. The van der Waals surface area contributed by atoms with Gasteiger partial charge in [0.1, 0.15) is 5.76 Å². The third-order valence-corrected chi connectivity index (χ3v) is 3.91. The van der Waals surface area contributed by atoms with Gasteiger partial charge in [-0.15, -0.1) is 0 Å². The van der Waals surface area contributed by atoms with Gasteiger partial charge in [0.15, 0.2) is 0 Å². The zero-order valence-electron chi connectivity index (χ0n) is 13.5. The van der Waals surface area contributed by atoms with E-state index < -0.39 is 11.6 Å². The van der Waals surface area contributed by atoms with Crippen molar-refractivity contribution in [1.29, 1.82) is 0 Å². The summed E-state index contributed by atoms with van der Waals surface area (Å²) in [5.74, 6) is -0.0826. The number of carbonyl (C=O) groups is 1. The van der Waals surface area contributed by atoms with E-state index in [1.807, 2.05) is 12.1 Å². The molecule has 0 atom stereocenters. The molecular weight excluding hydrogens is 340 g/mol. The molecular formula is C20H15ClO4. The highest BCUT2D eigenvalue weighted by molar-refractivity contribution is 6.30. The van der Waals surface area contributed by atoms with Gasteiger partial charge in [0.2, 0.25) is 0 Å². The molecule has 0 spiro atoms. The standard InChI is InChI=1S/C20H15ClO4/c1-2-24-18(22)12-11-16-15-5-3-4-6-17(15)20(23)25-19(16)13-7-9-14(21)10-8-13/h3-12H,2H2,1H3/b12-11+. The molecule has 0 radical (unpaired) electrons. The Labute approximate surface area is 149 Å². The minimum Gasteiger partial charge on any atom is -0.463 e. The number of benzene rings is 2. The quantitative estimate of drug-likeness (QED) is 0.504. The number of fused-ring (bicyclic) bond motifs is 1. The van der Waals surface area contributed by atoms with Crippen molar-refractivity contribution in [2.75, 3.05) is 6.61 Å². The molecule has 0 aliphatic heterocycles. The van der Waals surface area contributed by atoms with E-state index in [0.29, 0.717) is 32.7 Å². The van der Waals surface area contributed by atoms with Crippen molar-refractivity contribution in [3.63, 3.8) is 0 Å². The molecule has 0 aliphatic carbocycles. The van der Waals surface area contributed by atoms with Crippen LogP contribution in [0.2, 0.25) is 5.02 Å². The highest BCUT2D eigenvalue weighted by atomic mass is 35.5. The summed E-state index contributed by atoms with van der Waals surface area (Å²) in [6.07, 6.45) is 2.93. The number of carbonyl (C=O) groups excluding carboxylic acids is 1. The molecule has 0 saturated heterocycles. The van der Waals surface area contributed by atoms with Crippen LogP contribution in [0.3, 0.4) is 0 Å². The first kappa shape index (κ1) is 17.0. The normalized spacial score (nSPS) is 11.1. The third kappa shape index (κ3) is 3.64. The summed E-state index contributed by atoms with van der Waals surface area (Å²) >= 11 is 5.94. The van der Waals surface area contributed by atoms with Gasteiger partial charge in [0.05, 0.1) is 12.0 Å². The molecule has 25 heavy (non-hydrogen) atoms. The van der Waals surface area contributed by atoms with Crippen molar-refractivity contribution in [2.45, 2.75) is 6.92 Å². The fourth-order valence-electron chi connectivity index (χ4n) is 2.54. The van der Waals surface area contributed by atoms with Crippen LogP contribution < -0.4 is 5.63 Å². The van der Waals surface area contributed by atoms with Crippen LogP contribution in [-0.2, 0) is 9.53 Å². The highest BCUT2D eigenvalue weighted by Crippen LogP contribution is 2.30. The summed E-state index contributed by atoms with van der Waals surface area (Å²) in [5, 5.41) is 1.73. The van der Waals surface area contributed by atoms with E-state index in [2.05, 4.69) is 0 Å². The smallest absolute Gasteiger partial charge is 0.344 e. The fraction of sp³-hybridized carbons (Fsp3) is 0.100. The third-order valence-electron chi connectivity index (χ3n) is 3.66. The van der Waals surface area contributed by atoms with Gasteiger partial charge in [-0.1, -0.05) is 29.8 Å². The maximum Gasteiger partial charge on any atom is 0.344 e. The minimum atomic E-state index is -0.458. The number of hydrogen-bond donors (Lipinski definition) is 0. The van der Waals surface area contributed by atoms with Gasteiger partial charge >= 0.3 is 11.6 Å². The van der Waals surface area contributed by atoms with E-state index in [9.17, 15) is 9.59 Å². The maximum atomic E-state index is 12.3. The molecule has 0 aliphatic rings. The first-order valence-electron chi connectivity index (χ1n) is 7.76. The molecule has 3 rings (SSSR count). The van der Waals surface area contributed by atoms with Crippen LogP contribution in [0.15, 0.2) is 63.8 Å². The molecule has 0 fully saturated rings. The van der Waals surface area contributed by atoms with E-state index in [0.717, 1.165) is 0 Å². The van der Waals surface area contributed by atoms with Crippen LogP contribution in [0.25, 0.3) is 28.2 Å². The van der Waals surface area contributed by atoms with Crippen molar-refractivity contribution in [3.05, 3.63) is 75.6 Å². The Kier molecular flexibility index (Phi) is 5.00. The lowest BCUT2D eigenvalue weighted by molar-refractivity contribution is -0.137. The van der Waals surface area contributed by atoms with Gasteiger partial charge < -0.3 is 9.15 Å². The predicted molar refractivity (Wildman–Crippen MR) is 98.6 cm³/mol. The van der Waals surface area contributed by atoms with Crippen LogP contribution >= 0.6 is 11.6 Å². The molecule has 1 aromatic heterocycles. The Morgan fingerprint density at radius 1 is 1.12 bits per heavy atom. The molecule has 0 unspecified atom stereocenters. The average Bonchev–Trinajstić information content (AvgIpc) is 2.62. The van der Waals surface area contributed by atoms with E-state index in [1.165, 1.54) is 6.08 Å². The number of rotatable bonds is 4. The Morgan fingerprint density at radius 3 is 2.48 bits per heavy atom. The number of halogens is 1.